The van der Waals surface area contributed by atoms with Gasteiger partial charge in [0.25, 0.3) is 17.2 Å². The number of allylic oxidation sites excluding steroid dienone is 1. The second-order valence-electron chi connectivity index (χ2n) is 9.19. The number of benzene rings is 2. The molecule has 2 aromatic carbocycles. The first kappa shape index (κ1) is 27.9. The molecular formula is C28H28N4O8S. The Kier molecular flexibility index (Phi) is 7.54. The van der Waals surface area contributed by atoms with Crippen molar-refractivity contribution >= 4 is 29.0 Å². The van der Waals surface area contributed by atoms with E-state index in [0.717, 1.165) is 11.3 Å². The molecule has 41 heavy (non-hydrogen) atoms. The molecule has 0 saturated carbocycles. The average Bonchev–Trinajstić information content (AvgIpc) is 3.55. The number of carbonyl (C=O) groups is 1. The van der Waals surface area contributed by atoms with Gasteiger partial charge in [-0.25, -0.2) is 4.99 Å². The van der Waals surface area contributed by atoms with E-state index in [9.17, 15) is 19.7 Å². The van der Waals surface area contributed by atoms with E-state index < -0.39 is 16.5 Å². The lowest BCUT2D eigenvalue weighted by Gasteiger charge is -2.30. The Morgan fingerprint density at radius 2 is 1.90 bits per heavy atom. The van der Waals surface area contributed by atoms with Gasteiger partial charge >= 0.3 is 0 Å². The van der Waals surface area contributed by atoms with Crippen LogP contribution in [-0.2, 0) is 4.79 Å². The summed E-state index contributed by atoms with van der Waals surface area (Å²) in [6.45, 7) is 6.37. The number of likely N-dealkylation sites (N-methyl/N-ethyl adjacent to an activating group) is 1. The van der Waals surface area contributed by atoms with Crippen molar-refractivity contribution in [3.05, 3.63) is 82.5 Å². The number of amides is 1. The minimum atomic E-state index is -0.890. The molecular weight excluding hydrogens is 552 g/mol. The van der Waals surface area contributed by atoms with Gasteiger partial charge in [0.2, 0.25) is 6.79 Å². The zero-order valence-electron chi connectivity index (χ0n) is 23.1. The van der Waals surface area contributed by atoms with Gasteiger partial charge in [0.1, 0.15) is 17.5 Å². The molecule has 1 atom stereocenters. The number of methoxy groups -OCH3 is 2. The molecule has 3 heterocycles. The number of nitro groups is 1. The highest BCUT2D eigenvalue weighted by atomic mass is 32.1. The van der Waals surface area contributed by atoms with Crippen LogP contribution in [0.5, 0.6) is 23.0 Å². The van der Waals surface area contributed by atoms with Crippen LogP contribution >= 0.6 is 11.3 Å². The van der Waals surface area contributed by atoms with Gasteiger partial charge in [0.05, 0.1) is 46.6 Å². The van der Waals surface area contributed by atoms with Gasteiger partial charge in [-0.15, -0.1) is 0 Å². The number of thiazole rings is 1. The Morgan fingerprint density at radius 1 is 1.20 bits per heavy atom. The molecule has 2 aliphatic heterocycles. The largest absolute Gasteiger partial charge is 0.497 e. The Morgan fingerprint density at radius 3 is 2.54 bits per heavy atom. The van der Waals surface area contributed by atoms with Crippen molar-refractivity contribution in [3.8, 4) is 23.0 Å². The highest BCUT2D eigenvalue weighted by molar-refractivity contribution is 7.07. The number of hydrogen-bond donors (Lipinski definition) is 0. The molecule has 12 nitrogen and oxygen atoms in total. The zero-order valence-corrected chi connectivity index (χ0v) is 23.9. The smallest absolute Gasteiger partial charge is 0.280 e. The topological polar surface area (TPSA) is 135 Å². The maximum absolute atomic E-state index is 14.1. The predicted octanol–water partition coefficient (Wildman–Crippen LogP) is 2.76. The molecule has 0 bridgehead atoms. The highest BCUT2D eigenvalue weighted by Crippen LogP contribution is 2.39. The lowest BCUT2D eigenvalue weighted by Crippen LogP contribution is -2.43. The van der Waals surface area contributed by atoms with Crippen molar-refractivity contribution in [1.82, 2.24) is 9.47 Å². The fourth-order valence-electron chi connectivity index (χ4n) is 4.99. The van der Waals surface area contributed by atoms with Crippen LogP contribution in [0.25, 0.3) is 6.08 Å². The summed E-state index contributed by atoms with van der Waals surface area (Å²) in [7, 11) is 3.04. The van der Waals surface area contributed by atoms with E-state index in [-0.39, 0.29) is 34.2 Å². The minimum Gasteiger partial charge on any atom is -0.497 e. The first-order valence-electron chi connectivity index (χ1n) is 12.8. The number of rotatable bonds is 8. The molecule has 0 unspecified atom stereocenters. The molecule has 0 spiro atoms. The number of ether oxygens (including phenoxy) is 4. The second-order valence-corrected chi connectivity index (χ2v) is 10.2. The molecule has 0 saturated heterocycles. The minimum absolute atomic E-state index is 0.0525. The van der Waals surface area contributed by atoms with Crippen molar-refractivity contribution in [2.75, 3.05) is 34.1 Å². The molecule has 1 aromatic heterocycles. The molecule has 0 N–H and O–H groups in total. The maximum Gasteiger partial charge on any atom is 0.280 e. The van der Waals surface area contributed by atoms with Crippen molar-refractivity contribution in [1.29, 1.82) is 0 Å². The van der Waals surface area contributed by atoms with E-state index in [1.54, 1.807) is 30.0 Å². The number of hydrogen-bond acceptors (Lipinski definition) is 10. The van der Waals surface area contributed by atoms with Crippen LogP contribution in [0.2, 0.25) is 0 Å². The van der Waals surface area contributed by atoms with Crippen molar-refractivity contribution in [3.63, 3.8) is 0 Å². The molecule has 3 aromatic rings. The summed E-state index contributed by atoms with van der Waals surface area (Å²) in [4.78, 5) is 45.9. The Bertz CT molecular complexity index is 1770. The maximum atomic E-state index is 14.1. The van der Waals surface area contributed by atoms with E-state index >= 15 is 0 Å². The Hall–Kier alpha value is -4.65. The molecule has 2 aliphatic rings. The lowest BCUT2D eigenvalue weighted by molar-refractivity contribution is -0.385. The van der Waals surface area contributed by atoms with Crippen molar-refractivity contribution in [2.24, 2.45) is 4.99 Å². The fraction of sp³-hybridized carbons (Fsp3) is 0.321. The normalized spacial score (nSPS) is 15.8. The molecule has 13 heteroatoms. The van der Waals surface area contributed by atoms with Crippen LogP contribution in [0.3, 0.4) is 0 Å². The second kappa shape index (κ2) is 11.1. The van der Waals surface area contributed by atoms with E-state index in [0.29, 0.717) is 52.0 Å². The van der Waals surface area contributed by atoms with Crippen LogP contribution < -0.4 is 33.8 Å². The SMILES string of the molecule is CCN(CC)C(=O)C1=C(C)N=c2s/c(=C/c3cc4c(cc3[N+](=O)[O-])OCO4)c(=O)n2[C@@H]1c1cc(OC)ccc1OC. The van der Waals surface area contributed by atoms with Crippen LogP contribution in [0, 0.1) is 10.1 Å². The molecule has 0 radical (unpaired) electrons. The van der Waals surface area contributed by atoms with E-state index in [1.807, 2.05) is 13.8 Å². The predicted molar refractivity (Wildman–Crippen MR) is 150 cm³/mol. The number of nitro benzene ring substituents is 1. The lowest BCUT2D eigenvalue weighted by atomic mass is 9.93. The monoisotopic (exact) mass is 580 g/mol. The van der Waals surface area contributed by atoms with Gasteiger partial charge in [0, 0.05) is 18.7 Å². The molecule has 0 aliphatic carbocycles. The summed E-state index contributed by atoms with van der Waals surface area (Å²) >= 11 is 1.07. The Balaban J connectivity index is 1.79. The van der Waals surface area contributed by atoms with Gasteiger partial charge in [-0.05, 0) is 51.1 Å². The third-order valence-electron chi connectivity index (χ3n) is 7.04. The quantitative estimate of drug-likeness (QED) is 0.293. The molecule has 214 valence electrons. The molecule has 0 fully saturated rings. The van der Waals surface area contributed by atoms with Crippen molar-refractivity contribution in [2.45, 2.75) is 26.8 Å². The number of aromatic nitrogens is 1. The van der Waals surface area contributed by atoms with Gasteiger partial charge in [-0.3, -0.25) is 24.3 Å². The van der Waals surface area contributed by atoms with Crippen LogP contribution in [-0.4, -0.2) is 54.4 Å². The van der Waals surface area contributed by atoms with Crippen LogP contribution in [0.15, 0.2) is 51.4 Å². The molecule has 5 rings (SSSR count). The van der Waals surface area contributed by atoms with Gasteiger partial charge in [-0.1, -0.05) is 11.3 Å². The third-order valence-corrected chi connectivity index (χ3v) is 8.02. The van der Waals surface area contributed by atoms with Gasteiger partial charge in [0.15, 0.2) is 16.3 Å². The summed E-state index contributed by atoms with van der Waals surface area (Å²) in [6, 6.07) is 7.04. The fourth-order valence-corrected chi connectivity index (χ4v) is 6.02. The summed E-state index contributed by atoms with van der Waals surface area (Å²) in [5, 5.41) is 11.9. The van der Waals surface area contributed by atoms with Gasteiger partial charge < -0.3 is 23.8 Å². The van der Waals surface area contributed by atoms with Crippen LogP contribution in [0.4, 0.5) is 5.69 Å². The zero-order chi connectivity index (χ0) is 29.4. The standard InChI is InChI=1S/C28H28N4O8S/c1-6-30(7-2)27(34)24-15(3)29-28-31(25(24)18-12-17(37-4)8-9-20(18)38-5)26(33)23(41-28)11-16-10-21-22(40-14-39-21)13-19(16)32(35)36/h8-13,25H,6-7,14H2,1-5H3/b23-11+/t25-/m1/s1. The van der Waals surface area contributed by atoms with E-state index in [2.05, 4.69) is 4.99 Å². The third kappa shape index (κ3) is 4.82. The average molecular weight is 581 g/mol. The number of fused-ring (bicyclic) bond motifs is 2. The first-order valence-corrected chi connectivity index (χ1v) is 13.7. The summed E-state index contributed by atoms with van der Waals surface area (Å²) < 4.78 is 23.5. The van der Waals surface area contributed by atoms with Crippen molar-refractivity contribution < 1.29 is 28.7 Å². The summed E-state index contributed by atoms with van der Waals surface area (Å²) in [6.07, 6.45) is 1.44. The summed E-state index contributed by atoms with van der Waals surface area (Å²) in [5.74, 6) is 1.32. The van der Waals surface area contributed by atoms with Gasteiger partial charge in [-0.2, -0.15) is 0 Å². The molecule has 1 amide bonds. The first-order chi connectivity index (χ1) is 19.7. The Labute approximate surface area is 238 Å². The van der Waals surface area contributed by atoms with E-state index in [4.69, 9.17) is 18.9 Å². The summed E-state index contributed by atoms with van der Waals surface area (Å²) in [5.41, 5.74) is 0.799. The number of nitrogens with zero attached hydrogens (tertiary/aromatic N) is 4. The van der Waals surface area contributed by atoms with Crippen LogP contribution in [0.1, 0.15) is 37.9 Å². The highest BCUT2D eigenvalue weighted by Gasteiger charge is 2.36. The van der Waals surface area contributed by atoms with E-state index in [1.165, 1.54) is 37.0 Å². The number of carbonyl (C=O) groups excluding carboxylic acids is 1.